The highest BCUT2D eigenvalue weighted by molar-refractivity contribution is 6.68. The molecule has 14 heteroatoms. The fourth-order valence-electron chi connectivity index (χ4n) is 4.99. The maximum atomic E-state index is 14.8. The van der Waals surface area contributed by atoms with Gasteiger partial charge in [-0.15, -0.1) is 0 Å². The number of hydrogen-bond donors (Lipinski definition) is 1. The molecule has 3 heterocycles. The molecule has 1 aliphatic heterocycles. The average Bonchev–Trinajstić information content (AvgIpc) is 3.30. The van der Waals surface area contributed by atoms with Crippen LogP contribution in [0.5, 0.6) is 0 Å². The minimum atomic E-state index is -2.94. The monoisotopic (exact) mass is 525 g/mol. The highest BCUT2D eigenvalue weighted by Gasteiger charge is 2.45. The second kappa shape index (κ2) is 10.1. The largest absolute Gasteiger partial charge is 0.371 e. The van der Waals surface area contributed by atoms with Crippen molar-refractivity contribution in [3.05, 3.63) is 63.5 Å². The molecule has 2 atom stereocenters. The first-order valence-electron chi connectivity index (χ1n) is 12.3. The molecule has 38 heavy (non-hydrogen) atoms. The van der Waals surface area contributed by atoms with Crippen molar-refractivity contribution in [1.29, 1.82) is 0 Å². The number of aryl methyl sites for hydroxylation is 1. The molecular weight excluding hydrogens is 496 g/mol. The first-order chi connectivity index (χ1) is 17.8. The molecule has 0 unspecified atom stereocenters. The van der Waals surface area contributed by atoms with Crippen molar-refractivity contribution in [1.82, 2.24) is 19.4 Å². The van der Waals surface area contributed by atoms with Gasteiger partial charge in [0.25, 0.3) is 12.0 Å². The van der Waals surface area contributed by atoms with Crippen LogP contribution in [0.3, 0.4) is 0 Å². The number of benzene rings is 1. The summed E-state index contributed by atoms with van der Waals surface area (Å²) < 4.78 is 48.6. The van der Waals surface area contributed by atoms with Gasteiger partial charge in [-0.1, -0.05) is 18.2 Å². The number of methoxy groups -OCH3 is 1. The maximum absolute atomic E-state index is 14.8. The van der Waals surface area contributed by atoms with Gasteiger partial charge in [0.05, 0.1) is 29.1 Å². The number of hydrogen-bond acceptors (Lipinski definition) is 6. The van der Waals surface area contributed by atoms with E-state index in [0.717, 1.165) is 6.07 Å². The molecule has 1 aliphatic rings. The number of amides is 1. The molecule has 4 rings (SSSR count). The van der Waals surface area contributed by atoms with Crippen molar-refractivity contribution < 1.29 is 22.7 Å². The number of nitrogens with one attached hydrogen (secondary N) is 1. The van der Waals surface area contributed by atoms with Crippen LogP contribution in [0.1, 0.15) is 42.5 Å². The molecule has 8 nitrogen and oxygen atoms in total. The molecule has 1 saturated heterocycles. The van der Waals surface area contributed by atoms with Crippen molar-refractivity contribution >= 4 is 46.3 Å². The fourth-order valence-corrected chi connectivity index (χ4v) is 4.99. The molecule has 0 bridgehead atoms. The van der Waals surface area contributed by atoms with Crippen LogP contribution in [-0.2, 0) is 22.2 Å². The molecule has 0 spiro atoms. The predicted octanol–water partition coefficient (Wildman–Crippen LogP) is 0.625. The Hall–Kier alpha value is -3.28. The Morgan fingerprint density at radius 1 is 1.24 bits per heavy atom. The molecule has 198 valence electrons. The Kier molecular flexibility index (Phi) is 7.39. The highest BCUT2D eigenvalue weighted by atomic mass is 19.3. The third-order valence-corrected chi connectivity index (χ3v) is 7.16. The number of rotatable bonds is 7. The number of halogens is 3. The first kappa shape index (κ1) is 27.8. The summed E-state index contributed by atoms with van der Waals surface area (Å²) in [5, 5.41) is 2.98. The topological polar surface area (TPSA) is 89.3 Å². The summed E-state index contributed by atoms with van der Waals surface area (Å²) in [6, 6.07) is 4.79. The van der Waals surface area contributed by atoms with Crippen molar-refractivity contribution in [2.24, 2.45) is 7.05 Å². The number of nitrogens with zero attached hydrogens (tertiary/aromatic N) is 4. The normalized spacial score (nSPS) is 18.8. The van der Waals surface area contributed by atoms with Crippen molar-refractivity contribution in [3.63, 3.8) is 0 Å². The van der Waals surface area contributed by atoms with Crippen LogP contribution in [0.2, 0.25) is 5.11 Å². The smallest absolute Gasteiger partial charge is 0.266 e. The molecule has 1 fully saturated rings. The number of fused-ring (bicyclic) bond motifs is 1. The Balaban J connectivity index is 1.78. The standard InChI is InChI=1S/C24H29B3F3N5O3/c1-12(13-5-4-6-14(17(13)28)18(29)30)33-19-15-9-16(21(36)34(2)20(15)32-11-31-19)23(38-3)7-8-35(10-23)22(37)24(25,26)27/h4-6,9,11-12,18H,7-8,10,25-27H2,1-3H3,(H,31,32,33)/t12-,23-/m1/s1. The Bertz CT molecular complexity index is 1450. The van der Waals surface area contributed by atoms with Gasteiger partial charge in [0.1, 0.15) is 52.7 Å². The van der Waals surface area contributed by atoms with Gasteiger partial charge in [-0.3, -0.25) is 14.2 Å². The summed E-state index contributed by atoms with van der Waals surface area (Å²) in [5.41, 5.74) is -1.31. The van der Waals surface area contributed by atoms with E-state index < -0.39 is 34.6 Å². The lowest BCUT2D eigenvalue weighted by Gasteiger charge is -2.31. The molecule has 1 amide bonds. The summed E-state index contributed by atoms with van der Waals surface area (Å²) in [4.78, 5) is 36.7. The van der Waals surface area contributed by atoms with Crippen LogP contribution < -0.4 is 10.9 Å². The van der Waals surface area contributed by atoms with E-state index in [4.69, 9.17) is 4.74 Å². The molecular formula is C24H29B3F3N5O3. The molecule has 1 aromatic carbocycles. The molecule has 0 aliphatic carbocycles. The number of likely N-dealkylation sites (tertiary alicyclic amines) is 1. The van der Waals surface area contributed by atoms with E-state index in [1.54, 1.807) is 24.9 Å². The van der Waals surface area contributed by atoms with Crippen LogP contribution in [0, 0.1) is 5.82 Å². The summed E-state index contributed by atoms with van der Waals surface area (Å²) in [6.45, 7) is 2.27. The van der Waals surface area contributed by atoms with E-state index in [1.807, 2.05) is 23.5 Å². The van der Waals surface area contributed by atoms with E-state index in [1.165, 1.54) is 30.1 Å². The molecule has 1 N–H and O–H groups in total. The van der Waals surface area contributed by atoms with Gasteiger partial charge in [0.15, 0.2) is 0 Å². The summed E-state index contributed by atoms with van der Waals surface area (Å²) in [5.74, 6) is -0.725. The van der Waals surface area contributed by atoms with Crippen LogP contribution in [0.15, 0.2) is 35.4 Å². The third kappa shape index (κ3) is 4.81. The van der Waals surface area contributed by atoms with Crippen LogP contribution in [0.25, 0.3) is 11.0 Å². The van der Waals surface area contributed by atoms with Gasteiger partial charge in [-0.05, 0) is 18.1 Å². The van der Waals surface area contributed by atoms with Crippen LogP contribution >= 0.6 is 0 Å². The lowest BCUT2D eigenvalue weighted by Crippen LogP contribution is -2.44. The van der Waals surface area contributed by atoms with E-state index in [2.05, 4.69) is 15.3 Å². The van der Waals surface area contributed by atoms with Gasteiger partial charge >= 0.3 is 0 Å². The third-order valence-electron chi connectivity index (χ3n) is 7.16. The SMILES string of the molecule is BC(B)(B)C(=O)N1CC[C@](OC)(c2cc3c(N[C@H](C)c4cccc(C(F)F)c4F)ncnc3n(C)c2=O)C1. The second-order valence-electron chi connectivity index (χ2n) is 10.7. The lowest BCUT2D eigenvalue weighted by atomic mass is 9.42. The fraction of sp³-hybridized carbons (Fsp3) is 0.417. The quantitative estimate of drug-likeness (QED) is 0.456. The summed E-state index contributed by atoms with van der Waals surface area (Å²) >= 11 is 0. The second-order valence-corrected chi connectivity index (χ2v) is 10.7. The predicted molar refractivity (Wildman–Crippen MR) is 146 cm³/mol. The van der Waals surface area contributed by atoms with Crippen molar-refractivity contribution in [2.75, 3.05) is 25.5 Å². The Labute approximate surface area is 221 Å². The number of ether oxygens (including phenoxy) is 1. The van der Waals surface area contributed by atoms with Gasteiger partial charge in [-0.25, -0.2) is 23.1 Å². The summed E-state index contributed by atoms with van der Waals surface area (Å²) in [7, 11) is 8.61. The van der Waals surface area contributed by atoms with Gasteiger partial charge in [0.2, 0.25) is 5.91 Å². The maximum Gasteiger partial charge on any atom is 0.266 e. The van der Waals surface area contributed by atoms with Crippen LogP contribution in [0.4, 0.5) is 19.0 Å². The zero-order valence-corrected chi connectivity index (χ0v) is 22.3. The number of aromatic nitrogens is 3. The number of pyridine rings is 1. The Morgan fingerprint density at radius 3 is 2.55 bits per heavy atom. The minimum Gasteiger partial charge on any atom is -0.371 e. The van der Waals surface area contributed by atoms with E-state index in [0.29, 0.717) is 35.4 Å². The molecule has 2 aromatic heterocycles. The zero-order chi connectivity index (χ0) is 28.0. The summed E-state index contributed by atoms with van der Waals surface area (Å²) in [6.07, 6.45) is -1.25. The lowest BCUT2D eigenvalue weighted by molar-refractivity contribution is -0.130. The van der Waals surface area contributed by atoms with Gasteiger partial charge in [-0.2, -0.15) is 0 Å². The number of carbonyl (C=O) groups excluding carboxylic acids is 1. The van der Waals surface area contributed by atoms with Gasteiger partial charge < -0.3 is 15.0 Å². The van der Waals surface area contributed by atoms with Crippen molar-refractivity contribution in [3.8, 4) is 0 Å². The molecule has 3 aromatic rings. The zero-order valence-electron chi connectivity index (χ0n) is 22.3. The minimum absolute atomic E-state index is 0.0402. The molecule has 0 saturated carbocycles. The highest BCUT2D eigenvalue weighted by Crippen LogP contribution is 2.37. The Morgan fingerprint density at radius 2 is 1.92 bits per heavy atom. The van der Waals surface area contributed by atoms with E-state index in [-0.39, 0.29) is 23.6 Å². The van der Waals surface area contributed by atoms with Gasteiger partial charge in [0, 0.05) is 32.7 Å². The van der Waals surface area contributed by atoms with Crippen LogP contribution in [-0.4, -0.2) is 69.1 Å². The molecule has 0 radical (unpaired) electrons. The van der Waals surface area contributed by atoms with Crippen molar-refractivity contribution in [2.45, 2.75) is 36.5 Å². The first-order valence-corrected chi connectivity index (χ1v) is 12.3. The number of alkyl halides is 2. The number of anilines is 1. The number of carbonyl (C=O) groups is 1. The van der Waals surface area contributed by atoms with E-state index in [9.17, 15) is 22.8 Å². The van der Waals surface area contributed by atoms with E-state index >= 15 is 0 Å². The average molecular weight is 525 g/mol.